The van der Waals surface area contributed by atoms with Gasteiger partial charge in [0.05, 0.1) is 11.3 Å². The Balaban J connectivity index is 1.82. The molecule has 0 aromatic heterocycles. The van der Waals surface area contributed by atoms with Crippen LogP contribution in [0.1, 0.15) is 15.9 Å². The lowest BCUT2D eigenvalue weighted by atomic mass is 9.92. The largest absolute Gasteiger partial charge is 0.350 e. The minimum Gasteiger partial charge on any atom is -0.350 e. The van der Waals surface area contributed by atoms with Gasteiger partial charge in [-0.15, -0.1) is 0 Å². The summed E-state index contributed by atoms with van der Waals surface area (Å²) in [7, 11) is 0. The van der Waals surface area contributed by atoms with Crippen molar-refractivity contribution in [2.75, 3.05) is 15.5 Å². The van der Waals surface area contributed by atoms with Crippen LogP contribution in [-0.4, -0.2) is 11.8 Å². The van der Waals surface area contributed by atoms with Gasteiger partial charge in [-0.05, 0) is 42.5 Å². The monoisotopic (exact) mass is 359 g/mol. The average Bonchev–Trinajstić information content (AvgIpc) is 2.93. The second-order valence-corrected chi connectivity index (χ2v) is 6.50. The van der Waals surface area contributed by atoms with E-state index in [2.05, 4.69) is 10.6 Å². The number of benzene rings is 3. The van der Waals surface area contributed by atoms with Crippen LogP contribution in [0.3, 0.4) is 0 Å². The van der Waals surface area contributed by atoms with Crippen molar-refractivity contribution in [1.29, 1.82) is 0 Å². The first-order valence-corrected chi connectivity index (χ1v) is 8.49. The van der Waals surface area contributed by atoms with Crippen LogP contribution in [-0.2, 0) is 10.5 Å². The fourth-order valence-corrected chi connectivity index (χ4v) is 3.81. The maximum atomic E-state index is 13.7. The Morgan fingerprint density at radius 1 is 0.852 bits per heavy atom. The number of hydrogen-bond acceptors (Lipinski definition) is 3. The standard InChI is InChI=1S/C21H14FN3O2/c22-13-10-11-16-18(12-13)23-20(27)21(16)24-17-9-5-4-8-15(17)19(26)25(21)14-6-2-1-3-7-14/h1-12,24H,(H,23,27)/t21-/m1/s1. The van der Waals surface area contributed by atoms with Crippen molar-refractivity contribution in [3.8, 4) is 0 Å². The molecule has 2 heterocycles. The molecule has 0 bridgehead atoms. The molecule has 2 amide bonds. The summed E-state index contributed by atoms with van der Waals surface area (Å²) in [5.74, 6) is -1.20. The molecule has 3 aromatic rings. The lowest BCUT2D eigenvalue weighted by Gasteiger charge is -2.44. The molecule has 1 atom stereocenters. The first kappa shape index (κ1) is 15.6. The molecule has 2 aliphatic rings. The molecule has 6 heteroatoms. The fourth-order valence-electron chi connectivity index (χ4n) is 3.81. The van der Waals surface area contributed by atoms with Crippen molar-refractivity contribution < 1.29 is 14.0 Å². The number of para-hydroxylation sites is 2. The molecule has 0 fully saturated rings. The van der Waals surface area contributed by atoms with Crippen LogP contribution in [0.25, 0.3) is 0 Å². The Labute approximate surface area is 154 Å². The van der Waals surface area contributed by atoms with E-state index < -0.39 is 17.4 Å². The van der Waals surface area contributed by atoms with Crippen LogP contribution in [0, 0.1) is 5.82 Å². The highest BCUT2D eigenvalue weighted by Gasteiger charge is 2.57. The van der Waals surface area contributed by atoms with Crippen LogP contribution < -0.4 is 15.5 Å². The van der Waals surface area contributed by atoms with E-state index in [1.807, 2.05) is 6.07 Å². The Hall–Kier alpha value is -3.67. The van der Waals surface area contributed by atoms with Crippen molar-refractivity contribution in [2.45, 2.75) is 5.66 Å². The number of nitrogens with one attached hydrogen (secondary N) is 2. The molecule has 5 rings (SSSR count). The molecule has 27 heavy (non-hydrogen) atoms. The molecule has 0 unspecified atom stereocenters. The van der Waals surface area contributed by atoms with Crippen molar-refractivity contribution in [1.82, 2.24) is 0 Å². The Morgan fingerprint density at radius 3 is 2.41 bits per heavy atom. The molecule has 5 nitrogen and oxygen atoms in total. The highest BCUT2D eigenvalue weighted by molar-refractivity contribution is 6.21. The maximum absolute atomic E-state index is 13.7. The minimum absolute atomic E-state index is 0.303. The fraction of sp³-hybridized carbons (Fsp3) is 0.0476. The van der Waals surface area contributed by atoms with Crippen LogP contribution >= 0.6 is 0 Å². The predicted molar refractivity (Wildman–Crippen MR) is 100 cm³/mol. The first-order chi connectivity index (χ1) is 13.1. The van der Waals surface area contributed by atoms with E-state index in [4.69, 9.17) is 0 Å². The van der Waals surface area contributed by atoms with Gasteiger partial charge in [-0.3, -0.25) is 14.5 Å². The summed E-state index contributed by atoms with van der Waals surface area (Å²) in [5.41, 5.74) is 0.950. The SMILES string of the molecule is O=C1c2ccccc2N[C@@]2(C(=O)Nc3cc(F)ccc32)N1c1ccccc1. The zero-order valence-corrected chi connectivity index (χ0v) is 14.1. The molecule has 2 aliphatic heterocycles. The number of carbonyl (C=O) groups is 2. The summed E-state index contributed by atoms with van der Waals surface area (Å²) in [4.78, 5) is 28.0. The smallest absolute Gasteiger partial charge is 0.276 e. The Bertz CT molecular complexity index is 1100. The van der Waals surface area contributed by atoms with Gasteiger partial charge >= 0.3 is 0 Å². The summed E-state index contributed by atoms with van der Waals surface area (Å²) < 4.78 is 13.7. The van der Waals surface area contributed by atoms with Crippen molar-refractivity contribution in [3.05, 3.63) is 89.7 Å². The van der Waals surface area contributed by atoms with Gasteiger partial charge in [0.1, 0.15) is 5.82 Å². The molecule has 0 radical (unpaired) electrons. The number of rotatable bonds is 1. The molecule has 2 N–H and O–H groups in total. The first-order valence-electron chi connectivity index (χ1n) is 8.49. The molecule has 0 saturated carbocycles. The second kappa shape index (κ2) is 5.41. The molecule has 0 saturated heterocycles. The summed E-state index contributed by atoms with van der Waals surface area (Å²) in [6, 6.07) is 20.1. The van der Waals surface area contributed by atoms with E-state index in [0.717, 1.165) is 0 Å². The van der Waals surface area contributed by atoms with Crippen LogP contribution in [0.2, 0.25) is 0 Å². The average molecular weight is 359 g/mol. The van der Waals surface area contributed by atoms with Crippen molar-refractivity contribution in [3.63, 3.8) is 0 Å². The third-order valence-electron chi connectivity index (χ3n) is 4.97. The molecule has 0 aliphatic carbocycles. The van der Waals surface area contributed by atoms with Gasteiger partial charge in [-0.25, -0.2) is 4.39 Å². The van der Waals surface area contributed by atoms with E-state index in [0.29, 0.717) is 28.2 Å². The molecule has 3 aromatic carbocycles. The summed E-state index contributed by atoms with van der Waals surface area (Å²) >= 11 is 0. The molecular formula is C21H14FN3O2. The lowest BCUT2D eigenvalue weighted by molar-refractivity contribution is -0.119. The van der Waals surface area contributed by atoms with Crippen molar-refractivity contribution >= 4 is 28.9 Å². The van der Waals surface area contributed by atoms with E-state index in [1.165, 1.54) is 23.1 Å². The Morgan fingerprint density at radius 2 is 1.59 bits per heavy atom. The number of anilines is 3. The van der Waals surface area contributed by atoms with E-state index >= 15 is 0 Å². The number of amides is 2. The zero-order valence-electron chi connectivity index (χ0n) is 14.1. The number of carbonyl (C=O) groups excluding carboxylic acids is 2. The van der Waals surface area contributed by atoms with Gasteiger partial charge in [-0.1, -0.05) is 30.3 Å². The van der Waals surface area contributed by atoms with Gasteiger partial charge in [0.15, 0.2) is 0 Å². The number of fused-ring (bicyclic) bond motifs is 3. The number of halogens is 1. The normalized spacial score (nSPS) is 20.1. The van der Waals surface area contributed by atoms with E-state index in [9.17, 15) is 14.0 Å². The van der Waals surface area contributed by atoms with Crippen LogP contribution in [0.15, 0.2) is 72.8 Å². The van der Waals surface area contributed by atoms with Gasteiger partial charge in [0, 0.05) is 16.9 Å². The number of hydrogen-bond donors (Lipinski definition) is 2. The zero-order chi connectivity index (χ0) is 18.6. The third-order valence-corrected chi connectivity index (χ3v) is 4.97. The van der Waals surface area contributed by atoms with Crippen molar-refractivity contribution in [2.24, 2.45) is 0 Å². The summed E-state index contributed by atoms with van der Waals surface area (Å²) in [5, 5.41) is 5.96. The quantitative estimate of drug-likeness (QED) is 0.696. The van der Waals surface area contributed by atoms with Gasteiger partial charge in [-0.2, -0.15) is 0 Å². The Kier molecular flexibility index (Phi) is 3.12. The molecular weight excluding hydrogens is 345 g/mol. The van der Waals surface area contributed by atoms with Gasteiger partial charge in [0.25, 0.3) is 11.8 Å². The maximum Gasteiger partial charge on any atom is 0.276 e. The number of nitrogens with zero attached hydrogens (tertiary/aromatic N) is 1. The topological polar surface area (TPSA) is 61.4 Å². The highest BCUT2D eigenvalue weighted by atomic mass is 19.1. The van der Waals surface area contributed by atoms with Gasteiger partial charge in [0.2, 0.25) is 5.66 Å². The predicted octanol–water partition coefficient (Wildman–Crippen LogP) is 3.70. The van der Waals surface area contributed by atoms with Gasteiger partial charge < -0.3 is 10.6 Å². The molecule has 1 spiro atoms. The second-order valence-electron chi connectivity index (χ2n) is 6.50. The molecule has 132 valence electrons. The summed E-state index contributed by atoms with van der Waals surface area (Å²) in [6.45, 7) is 0. The summed E-state index contributed by atoms with van der Waals surface area (Å²) in [6.07, 6.45) is 0. The van der Waals surface area contributed by atoms with E-state index in [1.54, 1.807) is 48.5 Å². The van der Waals surface area contributed by atoms with Crippen LogP contribution in [0.4, 0.5) is 21.5 Å². The van der Waals surface area contributed by atoms with Crippen LogP contribution in [0.5, 0.6) is 0 Å². The highest BCUT2D eigenvalue weighted by Crippen LogP contribution is 2.47. The van der Waals surface area contributed by atoms with E-state index in [-0.39, 0.29) is 5.91 Å². The third kappa shape index (κ3) is 2.04. The lowest BCUT2D eigenvalue weighted by Crippen LogP contribution is -2.61. The minimum atomic E-state index is -1.49.